The zero-order chi connectivity index (χ0) is 16.3. The minimum absolute atomic E-state index is 0.0677. The molecule has 0 saturated carbocycles. The van der Waals surface area contributed by atoms with Crippen LogP contribution in [0.15, 0.2) is 33.7 Å². The molecule has 1 aromatic carbocycles. The SMILES string of the molecule is CCc1nc(CN(C)C(C)c2ccc(S(N)(=O)=O)cc2)no1. The summed E-state index contributed by atoms with van der Waals surface area (Å²) in [6, 6.07) is 6.61. The van der Waals surface area contributed by atoms with Gasteiger partial charge < -0.3 is 4.52 Å². The van der Waals surface area contributed by atoms with Crippen LogP contribution in [0, 0.1) is 0 Å². The van der Waals surface area contributed by atoms with Crippen molar-refractivity contribution in [2.45, 2.75) is 37.8 Å². The molecule has 1 unspecified atom stereocenters. The van der Waals surface area contributed by atoms with Crippen LogP contribution in [0.25, 0.3) is 0 Å². The highest BCUT2D eigenvalue weighted by molar-refractivity contribution is 7.89. The quantitative estimate of drug-likeness (QED) is 0.863. The Bertz CT molecular complexity index is 725. The number of benzene rings is 1. The lowest BCUT2D eigenvalue weighted by Crippen LogP contribution is -2.22. The third-order valence-electron chi connectivity index (χ3n) is 3.56. The number of aromatic nitrogens is 2. The number of rotatable bonds is 6. The molecule has 7 nitrogen and oxygen atoms in total. The summed E-state index contributed by atoms with van der Waals surface area (Å²) in [6.45, 7) is 4.52. The van der Waals surface area contributed by atoms with Gasteiger partial charge in [0, 0.05) is 12.5 Å². The van der Waals surface area contributed by atoms with Crippen molar-refractivity contribution in [3.63, 3.8) is 0 Å². The van der Waals surface area contributed by atoms with Crippen molar-refractivity contribution in [2.24, 2.45) is 5.14 Å². The molecule has 0 spiro atoms. The lowest BCUT2D eigenvalue weighted by atomic mass is 10.1. The van der Waals surface area contributed by atoms with Crippen molar-refractivity contribution in [3.8, 4) is 0 Å². The fourth-order valence-corrected chi connectivity index (χ4v) is 2.56. The van der Waals surface area contributed by atoms with E-state index < -0.39 is 10.0 Å². The second kappa shape index (κ2) is 6.55. The van der Waals surface area contributed by atoms with Gasteiger partial charge in [-0.1, -0.05) is 24.2 Å². The van der Waals surface area contributed by atoms with Gasteiger partial charge in [0.25, 0.3) is 0 Å². The molecule has 0 saturated heterocycles. The highest BCUT2D eigenvalue weighted by Gasteiger charge is 2.16. The molecule has 0 bridgehead atoms. The van der Waals surface area contributed by atoms with Crippen molar-refractivity contribution in [3.05, 3.63) is 41.5 Å². The lowest BCUT2D eigenvalue weighted by molar-refractivity contribution is 0.242. The average molecular weight is 324 g/mol. The molecule has 2 aromatic rings. The van der Waals surface area contributed by atoms with Crippen LogP contribution in [0.1, 0.15) is 37.2 Å². The van der Waals surface area contributed by atoms with Crippen LogP contribution in [-0.2, 0) is 23.0 Å². The van der Waals surface area contributed by atoms with Crippen LogP contribution in [0.4, 0.5) is 0 Å². The third-order valence-corrected chi connectivity index (χ3v) is 4.48. The Labute approximate surface area is 130 Å². The van der Waals surface area contributed by atoms with Gasteiger partial charge in [0.2, 0.25) is 15.9 Å². The second-order valence-electron chi connectivity index (χ2n) is 5.16. The summed E-state index contributed by atoms with van der Waals surface area (Å²) in [7, 11) is -1.72. The smallest absolute Gasteiger partial charge is 0.238 e. The minimum atomic E-state index is -3.66. The first-order valence-electron chi connectivity index (χ1n) is 6.95. The summed E-state index contributed by atoms with van der Waals surface area (Å²) in [5.74, 6) is 1.25. The topological polar surface area (TPSA) is 102 Å². The molecule has 22 heavy (non-hydrogen) atoms. The van der Waals surface area contributed by atoms with Crippen LogP contribution in [0.3, 0.4) is 0 Å². The van der Waals surface area contributed by atoms with Crippen LogP contribution in [-0.4, -0.2) is 30.5 Å². The highest BCUT2D eigenvalue weighted by Crippen LogP contribution is 2.21. The fraction of sp³-hybridized carbons (Fsp3) is 0.429. The summed E-state index contributed by atoms with van der Waals surface area (Å²) in [4.78, 5) is 6.44. The van der Waals surface area contributed by atoms with E-state index in [1.807, 2.05) is 20.9 Å². The van der Waals surface area contributed by atoms with Crippen molar-refractivity contribution in [1.29, 1.82) is 0 Å². The first-order chi connectivity index (χ1) is 10.3. The number of hydrogen-bond acceptors (Lipinski definition) is 6. The molecule has 8 heteroatoms. The Balaban J connectivity index is 2.08. The molecule has 0 fully saturated rings. The van der Waals surface area contributed by atoms with E-state index in [9.17, 15) is 8.42 Å². The summed E-state index contributed by atoms with van der Waals surface area (Å²) in [5, 5.41) is 9.02. The maximum atomic E-state index is 11.3. The molecular formula is C14H20N4O3S. The van der Waals surface area contributed by atoms with Gasteiger partial charge in [-0.15, -0.1) is 0 Å². The van der Waals surface area contributed by atoms with E-state index in [-0.39, 0.29) is 10.9 Å². The largest absolute Gasteiger partial charge is 0.339 e. The maximum Gasteiger partial charge on any atom is 0.238 e. The molecule has 0 aliphatic heterocycles. The monoisotopic (exact) mass is 324 g/mol. The highest BCUT2D eigenvalue weighted by atomic mass is 32.2. The van der Waals surface area contributed by atoms with E-state index in [2.05, 4.69) is 15.0 Å². The number of primary sulfonamides is 1. The molecule has 0 aliphatic carbocycles. The number of nitrogens with zero attached hydrogens (tertiary/aromatic N) is 3. The van der Waals surface area contributed by atoms with Gasteiger partial charge in [0.15, 0.2) is 5.82 Å². The first-order valence-corrected chi connectivity index (χ1v) is 8.50. The lowest BCUT2D eigenvalue weighted by Gasteiger charge is -2.23. The predicted octanol–water partition coefficient (Wildman–Crippen LogP) is 1.47. The van der Waals surface area contributed by atoms with E-state index in [1.165, 1.54) is 12.1 Å². The molecule has 2 rings (SSSR count). The van der Waals surface area contributed by atoms with Crippen molar-refractivity contribution in [1.82, 2.24) is 15.0 Å². The minimum Gasteiger partial charge on any atom is -0.339 e. The Morgan fingerprint density at radius 1 is 1.32 bits per heavy atom. The Morgan fingerprint density at radius 3 is 2.45 bits per heavy atom. The molecule has 1 aromatic heterocycles. The summed E-state index contributed by atoms with van der Waals surface area (Å²) in [6.07, 6.45) is 0.710. The zero-order valence-electron chi connectivity index (χ0n) is 12.9. The molecule has 2 N–H and O–H groups in total. The zero-order valence-corrected chi connectivity index (χ0v) is 13.7. The van der Waals surface area contributed by atoms with E-state index in [4.69, 9.17) is 9.66 Å². The first kappa shape index (κ1) is 16.6. The van der Waals surface area contributed by atoms with E-state index in [0.717, 1.165) is 5.56 Å². The maximum absolute atomic E-state index is 11.3. The van der Waals surface area contributed by atoms with Crippen molar-refractivity contribution >= 4 is 10.0 Å². The summed E-state index contributed by atoms with van der Waals surface area (Å²) in [5.41, 5.74) is 0.981. The van der Waals surface area contributed by atoms with Gasteiger partial charge in [-0.2, -0.15) is 4.98 Å². The van der Waals surface area contributed by atoms with Gasteiger partial charge >= 0.3 is 0 Å². The number of aryl methyl sites for hydroxylation is 1. The normalized spacial score (nSPS) is 13.5. The van der Waals surface area contributed by atoms with Gasteiger partial charge in [-0.05, 0) is 31.7 Å². The predicted molar refractivity (Wildman–Crippen MR) is 81.4 cm³/mol. The fourth-order valence-electron chi connectivity index (χ4n) is 2.05. The molecule has 0 amide bonds. The Kier molecular flexibility index (Phi) is 4.94. The van der Waals surface area contributed by atoms with E-state index in [0.29, 0.717) is 24.7 Å². The van der Waals surface area contributed by atoms with Gasteiger partial charge in [0.1, 0.15) is 0 Å². The summed E-state index contributed by atoms with van der Waals surface area (Å²) < 4.78 is 27.6. The second-order valence-corrected chi connectivity index (χ2v) is 6.72. The van der Waals surface area contributed by atoms with Crippen molar-refractivity contribution in [2.75, 3.05) is 7.05 Å². The van der Waals surface area contributed by atoms with Crippen molar-refractivity contribution < 1.29 is 12.9 Å². The molecule has 0 aliphatic rings. The van der Waals surface area contributed by atoms with E-state index in [1.54, 1.807) is 12.1 Å². The third kappa shape index (κ3) is 3.90. The Hall–Kier alpha value is -1.77. The van der Waals surface area contributed by atoms with Crippen LogP contribution >= 0.6 is 0 Å². The van der Waals surface area contributed by atoms with Gasteiger partial charge in [-0.3, -0.25) is 4.90 Å². The molecule has 0 radical (unpaired) electrons. The molecule has 120 valence electrons. The molecule has 1 heterocycles. The van der Waals surface area contributed by atoms with Crippen LogP contribution in [0.5, 0.6) is 0 Å². The number of sulfonamides is 1. The average Bonchev–Trinajstić information content (AvgIpc) is 2.93. The van der Waals surface area contributed by atoms with Crippen LogP contribution < -0.4 is 5.14 Å². The number of nitrogens with two attached hydrogens (primary N) is 1. The molecular weight excluding hydrogens is 304 g/mol. The standard InChI is InChI=1S/C14H20N4O3S/c1-4-14-16-13(17-21-14)9-18(3)10(2)11-5-7-12(8-6-11)22(15,19)20/h5-8,10H,4,9H2,1-3H3,(H2,15,19,20). The van der Waals surface area contributed by atoms with Gasteiger partial charge in [-0.25, -0.2) is 13.6 Å². The molecule has 1 atom stereocenters. The van der Waals surface area contributed by atoms with E-state index >= 15 is 0 Å². The van der Waals surface area contributed by atoms with Gasteiger partial charge in [0.05, 0.1) is 11.4 Å². The summed E-state index contributed by atoms with van der Waals surface area (Å²) >= 11 is 0. The van der Waals surface area contributed by atoms with Crippen LogP contribution in [0.2, 0.25) is 0 Å². The number of hydrogen-bond donors (Lipinski definition) is 1. The Morgan fingerprint density at radius 2 is 1.95 bits per heavy atom.